The normalized spacial score (nSPS) is 21.1. The monoisotopic (exact) mass is 895 g/mol. The van der Waals surface area contributed by atoms with Crippen LogP contribution in [0.4, 0.5) is 30.8 Å². The second-order valence-corrected chi connectivity index (χ2v) is 19.6. The van der Waals surface area contributed by atoms with E-state index < -0.39 is 27.8 Å². The second-order valence-electron chi connectivity index (χ2n) is 17.9. The number of nitrogens with zero attached hydrogens (tertiary/aromatic N) is 9. The number of rotatable bonds is 10. The topological polar surface area (TPSA) is 191 Å². The van der Waals surface area contributed by atoms with Gasteiger partial charge in [-0.25, -0.2) is 18.6 Å². The Kier molecular flexibility index (Phi) is 10.2. The van der Waals surface area contributed by atoms with Gasteiger partial charge in [-0.1, -0.05) is 6.92 Å². The van der Waals surface area contributed by atoms with Crippen molar-refractivity contribution in [2.24, 2.45) is 12.5 Å². The number of piperidine rings is 1. The van der Waals surface area contributed by atoms with Gasteiger partial charge in [-0.3, -0.25) is 29.4 Å². The zero-order chi connectivity index (χ0) is 44.7. The Bertz CT molecular complexity index is 2880. The number of urea groups is 1. The van der Waals surface area contributed by atoms with Crippen LogP contribution >= 0.6 is 0 Å². The number of fused-ring (bicyclic) bond motifs is 2. The summed E-state index contributed by atoms with van der Waals surface area (Å²) in [6.07, 6.45) is 6.67. The van der Waals surface area contributed by atoms with Crippen LogP contribution in [-0.4, -0.2) is 114 Å². The van der Waals surface area contributed by atoms with Crippen molar-refractivity contribution < 1.29 is 36.3 Å². The molecule has 10 rings (SSSR count). The fraction of sp³-hybridized carbons (Fsp3) is 0.455. The standard InChI is InChI=1S/C44H47F2N11O6S/c1-4-53(2)64(60,61)52-33-8-6-31(45)40(30(33)21-47)63-28-5-7-34-35(15-28)49-36(22-48-34)26-18-44(62-23-26)10-13-55(14-11-44)27-19-43(20-27)24-56(25-43)38-17-37-29(16-32(38)46)41(51-54(37)3)57-12-9-39(58)50-42(57)59/h5-8,15-17,22,26-27,52H,4,9-14,18-20,23-25H2,1-3H3,(H,50,58,59)/t26-/m0/s1. The van der Waals surface area contributed by atoms with Crippen LogP contribution in [0.3, 0.4) is 0 Å². The molecule has 6 heterocycles. The van der Waals surface area contributed by atoms with Crippen LogP contribution in [0.5, 0.6) is 11.5 Å². The molecule has 2 spiro atoms. The number of amides is 3. The summed E-state index contributed by atoms with van der Waals surface area (Å²) >= 11 is 0. The average molecular weight is 896 g/mol. The minimum atomic E-state index is -3.98. The molecule has 20 heteroatoms. The fourth-order valence-corrected chi connectivity index (χ4v) is 11.1. The maximum atomic E-state index is 15.7. The number of hydrogen-bond acceptors (Lipinski definition) is 12. The van der Waals surface area contributed by atoms with Crippen LogP contribution < -0.4 is 24.6 Å². The van der Waals surface area contributed by atoms with Crippen LogP contribution in [0.15, 0.2) is 48.7 Å². The van der Waals surface area contributed by atoms with Gasteiger partial charge in [0, 0.05) is 94.8 Å². The third kappa shape index (κ3) is 7.33. The highest BCUT2D eigenvalue weighted by molar-refractivity contribution is 7.90. The van der Waals surface area contributed by atoms with Gasteiger partial charge in [0.05, 0.1) is 45.8 Å². The van der Waals surface area contributed by atoms with E-state index in [-0.39, 0.29) is 65.2 Å². The van der Waals surface area contributed by atoms with Gasteiger partial charge < -0.3 is 19.3 Å². The molecule has 64 heavy (non-hydrogen) atoms. The molecule has 3 aromatic carbocycles. The number of halogens is 2. The third-order valence-electron chi connectivity index (χ3n) is 13.9. The summed E-state index contributed by atoms with van der Waals surface area (Å²) in [5, 5.41) is 17.3. The van der Waals surface area contributed by atoms with Crippen molar-refractivity contribution in [1.29, 1.82) is 5.26 Å². The van der Waals surface area contributed by atoms with Crippen molar-refractivity contribution in [3.05, 3.63) is 71.6 Å². The van der Waals surface area contributed by atoms with Crippen molar-refractivity contribution in [2.45, 2.75) is 63.0 Å². The van der Waals surface area contributed by atoms with Gasteiger partial charge in [0.25, 0.3) is 0 Å². The molecule has 5 fully saturated rings. The first kappa shape index (κ1) is 42.0. The molecule has 0 unspecified atom stereocenters. The number of carbonyl (C=O) groups excluding carboxylic acids is 2. The number of nitrogens with one attached hydrogen (secondary N) is 2. The number of likely N-dealkylation sites (tertiary alicyclic amines) is 1. The molecule has 0 bridgehead atoms. The van der Waals surface area contributed by atoms with Crippen LogP contribution in [0.1, 0.15) is 62.6 Å². The van der Waals surface area contributed by atoms with Gasteiger partial charge in [-0.15, -0.1) is 0 Å². The van der Waals surface area contributed by atoms with E-state index in [0.29, 0.717) is 46.1 Å². The lowest BCUT2D eigenvalue weighted by atomic mass is 9.59. The number of benzene rings is 3. The zero-order valence-electron chi connectivity index (χ0n) is 35.6. The summed E-state index contributed by atoms with van der Waals surface area (Å²) in [7, 11) is -0.827. The first-order valence-electron chi connectivity index (χ1n) is 21.5. The van der Waals surface area contributed by atoms with E-state index in [2.05, 4.69) is 29.9 Å². The van der Waals surface area contributed by atoms with Gasteiger partial charge in [0.2, 0.25) is 5.91 Å². The Morgan fingerprint density at radius 2 is 1.83 bits per heavy atom. The highest BCUT2D eigenvalue weighted by Crippen LogP contribution is 2.53. The van der Waals surface area contributed by atoms with Gasteiger partial charge in [-0.2, -0.15) is 23.1 Å². The van der Waals surface area contributed by atoms with Crippen LogP contribution in [0, 0.1) is 28.4 Å². The first-order chi connectivity index (χ1) is 30.7. The highest BCUT2D eigenvalue weighted by Gasteiger charge is 2.55. The first-order valence-corrected chi connectivity index (χ1v) is 22.9. The van der Waals surface area contributed by atoms with Gasteiger partial charge in [-0.05, 0) is 68.5 Å². The van der Waals surface area contributed by atoms with Gasteiger partial charge >= 0.3 is 16.2 Å². The van der Waals surface area contributed by atoms with E-state index in [9.17, 15) is 23.3 Å². The van der Waals surface area contributed by atoms with Crippen LogP contribution in [-0.2, 0) is 26.8 Å². The van der Waals surface area contributed by atoms with E-state index >= 15 is 8.78 Å². The SMILES string of the molecule is CCN(C)S(=O)(=O)Nc1ccc(F)c(Oc2ccc3ncc([C@@H]4COC5(CCN(C6CC7(C6)CN(c6cc8c(cc6F)c(N6CCC(=O)NC6=O)nn8C)C7)CC5)C4)nc3c2)c1C#N. The second kappa shape index (κ2) is 15.6. The predicted octanol–water partition coefficient (Wildman–Crippen LogP) is 5.52. The molecule has 17 nitrogen and oxygen atoms in total. The van der Waals surface area contributed by atoms with Crippen LogP contribution in [0.2, 0.25) is 0 Å². The lowest BCUT2D eigenvalue weighted by Gasteiger charge is -2.62. The van der Waals surface area contributed by atoms with E-state index in [1.165, 1.54) is 24.1 Å². The maximum Gasteiger partial charge on any atom is 0.329 e. The Morgan fingerprint density at radius 3 is 2.56 bits per heavy atom. The molecule has 5 aromatic rings. The molecule has 2 aromatic heterocycles. The maximum absolute atomic E-state index is 15.7. The average Bonchev–Trinajstić information content (AvgIpc) is 3.80. The number of ether oxygens (including phenoxy) is 2. The highest BCUT2D eigenvalue weighted by atomic mass is 32.2. The number of anilines is 3. The molecular formula is C44H47F2N11O6S. The number of imide groups is 1. The molecule has 334 valence electrons. The molecule has 0 radical (unpaired) electrons. The summed E-state index contributed by atoms with van der Waals surface area (Å²) in [5.74, 6) is -1.36. The smallest absolute Gasteiger partial charge is 0.329 e. The third-order valence-corrected chi connectivity index (χ3v) is 15.4. The molecule has 1 atom stereocenters. The molecule has 4 aliphatic heterocycles. The molecular weight excluding hydrogens is 849 g/mol. The van der Waals surface area contributed by atoms with Crippen LogP contribution in [0.25, 0.3) is 21.9 Å². The van der Waals surface area contributed by atoms with Gasteiger partial charge in [0.15, 0.2) is 17.4 Å². The van der Waals surface area contributed by atoms with Crippen molar-refractivity contribution in [2.75, 3.05) is 67.4 Å². The number of aryl methyl sites for hydroxylation is 1. The number of carbonyl (C=O) groups is 2. The summed E-state index contributed by atoms with van der Waals surface area (Å²) in [6.45, 7) is 5.98. The summed E-state index contributed by atoms with van der Waals surface area (Å²) in [6, 6.07) is 12.2. The van der Waals surface area contributed by atoms with Crippen molar-refractivity contribution >= 4 is 61.3 Å². The zero-order valence-corrected chi connectivity index (χ0v) is 36.4. The Morgan fingerprint density at radius 1 is 1.05 bits per heavy atom. The molecule has 3 amide bonds. The fourth-order valence-electron chi connectivity index (χ4n) is 10.1. The minimum absolute atomic E-state index is 0.0297. The van der Waals surface area contributed by atoms with Gasteiger partial charge in [0.1, 0.15) is 23.2 Å². The summed E-state index contributed by atoms with van der Waals surface area (Å²) in [4.78, 5) is 39.8. The molecule has 1 aliphatic carbocycles. The minimum Gasteiger partial charge on any atom is -0.453 e. The van der Waals surface area contributed by atoms with Crippen molar-refractivity contribution in [3.63, 3.8) is 0 Å². The van der Waals surface area contributed by atoms with E-state index in [0.717, 1.165) is 74.3 Å². The molecule has 4 saturated heterocycles. The van der Waals surface area contributed by atoms with E-state index in [4.69, 9.17) is 14.5 Å². The van der Waals surface area contributed by atoms with E-state index in [1.807, 2.05) is 12.1 Å². The Balaban J connectivity index is 0.745. The van der Waals surface area contributed by atoms with E-state index in [1.54, 1.807) is 43.0 Å². The quantitative estimate of drug-likeness (QED) is 0.179. The lowest BCUT2D eigenvalue weighted by Crippen LogP contribution is -2.67. The largest absolute Gasteiger partial charge is 0.453 e. The number of aromatic nitrogens is 4. The molecule has 2 N–H and O–H groups in total. The Hall–Kier alpha value is -6.01. The van der Waals surface area contributed by atoms with Crippen molar-refractivity contribution in [3.8, 4) is 17.6 Å². The molecule has 5 aliphatic rings. The summed E-state index contributed by atoms with van der Waals surface area (Å²) in [5.41, 5.74) is 2.67. The molecule has 1 saturated carbocycles. The summed E-state index contributed by atoms with van der Waals surface area (Å²) < 4.78 is 73.7. The number of nitriles is 1. The van der Waals surface area contributed by atoms with Crippen molar-refractivity contribution in [1.82, 2.24) is 34.3 Å². The number of hydrogen-bond donors (Lipinski definition) is 2. The Labute approximate surface area is 368 Å². The lowest BCUT2D eigenvalue weighted by molar-refractivity contribution is -0.120. The predicted molar refractivity (Wildman–Crippen MR) is 232 cm³/mol.